The standard InChI is InChI=1S/C14H23ClN4O/c1-2-8-19-14(20)13(15)12(9-17-19)18-11-7-5-3-4-6-10(11)16/h9-11,18H,2-8,16H2,1H3. The summed E-state index contributed by atoms with van der Waals surface area (Å²) in [6.45, 7) is 2.58. The molecule has 1 aliphatic carbocycles. The zero-order valence-corrected chi connectivity index (χ0v) is 12.7. The van der Waals surface area contributed by atoms with Gasteiger partial charge in [-0.25, -0.2) is 4.68 Å². The van der Waals surface area contributed by atoms with E-state index in [-0.39, 0.29) is 22.7 Å². The maximum absolute atomic E-state index is 12.1. The Hall–Kier alpha value is -1.07. The van der Waals surface area contributed by atoms with E-state index in [0.29, 0.717) is 12.2 Å². The molecule has 0 saturated heterocycles. The molecule has 20 heavy (non-hydrogen) atoms. The normalized spacial score (nSPS) is 23.4. The number of hydrogen-bond acceptors (Lipinski definition) is 4. The van der Waals surface area contributed by atoms with Crippen molar-refractivity contribution in [2.75, 3.05) is 5.32 Å². The highest BCUT2D eigenvalue weighted by molar-refractivity contribution is 6.32. The van der Waals surface area contributed by atoms with Gasteiger partial charge in [0, 0.05) is 18.6 Å². The smallest absolute Gasteiger partial charge is 0.287 e. The summed E-state index contributed by atoms with van der Waals surface area (Å²) in [6, 6.07) is 0.268. The first-order valence-corrected chi connectivity index (χ1v) is 7.79. The van der Waals surface area contributed by atoms with Gasteiger partial charge in [0.2, 0.25) is 0 Å². The van der Waals surface area contributed by atoms with Crippen LogP contribution in [0.25, 0.3) is 0 Å². The van der Waals surface area contributed by atoms with Gasteiger partial charge in [-0.15, -0.1) is 0 Å². The molecule has 0 radical (unpaired) electrons. The van der Waals surface area contributed by atoms with Gasteiger partial charge in [0.15, 0.2) is 0 Å². The van der Waals surface area contributed by atoms with E-state index in [1.54, 1.807) is 6.20 Å². The second-order valence-corrected chi connectivity index (χ2v) is 5.83. The van der Waals surface area contributed by atoms with Gasteiger partial charge in [-0.1, -0.05) is 37.8 Å². The number of aromatic nitrogens is 2. The summed E-state index contributed by atoms with van der Waals surface area (Å²) >= 11 is 6.17. The van der Waals surface area contributed by atoms with E-state index in [1.807, 2.05) is 6.92 Å². The van der Waals surface area contributed by atoms with Gasteiger partial charge >= 0.3 is 0 Å². The molecule has 112 valence electrons. The van der Waals surface area contributed by atoms with Gasteiger partial charge in [0.05, 0.1) is 11.9 Å². The molecule has 1 aromatic heterocycles. The first kappa shape index (κ1) is 15.3. The third-order valence-electron chi connectivity index (χ3n) is 3.83. The molecule has 1 aromatic rings. The molecule has 0 amide bonds. The Kier molecular flexibility index (Phi) is 5.43. The van der Waals surface area contributed by atoms with E-state index in [9.17, 15) is 4.79 Å². The third-order valence-corrected chi connectivity index (χ3v) is 4.20. The molecule has 1 fully saturated rings. The minimum Gasteiger partial charge on any atom is -0.378 e. The summed E-state index contributed by atoms with van der Waals surface area (Å²) < 4.78 is 1.40. The van der Waals surface area contributed by atoms with Crippen LogP contribution in [0.15, 0.2) is 11.0 Å². The first-order valence-electron chi connectivity index (χ1n) is 7.41. The fourth-order valence-electron chi connectivity index (χ4n) is 2.65. The van der Waals surface area contributed by atoms with Crippen LogP contribution in [0, 0.1) is 0 Å². The number of nitrogens with one attached hydrogen (secondary N) is 1. The Morgan fingerprint density at radius 2 is 2.20 bits per heavy atom. The number of rotatable bonds is 4. The Morgan fingerprint density at radius 3 is 2.95 bits per heavy atom. The van der Waals surface area contributed by atoms with Gasteiger partial charge in [-0.3, -0.25) is 4.79 Å². The lowest BCUT2D eigenvalue weighted by atomic mass is 10.0. The highest BCUT2D eigenvalue weighted by Crippen LogP contribution is 2.23. The van der Waals surface area contributed by atoms with Crippen molar-refractivity contribution < 1.29 is 0 Å². The highest BCUT2D eigenvalue weighted by atomic mass is 35.5. The number of nitrogens with zero attached hydrogens (tertiary/aromatic N) is 2. The van der Waals surface area contributed by atoms with Crippen LogP contribution in [-0.2, 0) is 6.54 Å². The fraction of sp³-hybridized carbons (Fsp3) is 0.714. The van der Waals surface area contributed by atoms with Gasteiger partial charge in [-0.05, 0) is 19.3 Å². The van der Waals surface area contributed by atoms with E-state index in [4.69, 9.17) is 17.3 Å². The van der Waals surface area contributed by atoms with Crippen LogP contribution in [-0.4, -0.2) is 21.9 Å². The van der Waals surface area contributed by atoms with Crippen molar-refractivity contribution in [1.29, 1.82) is 0 Å². The van der Waals surface area contributed by atoms with Crippen molar-refractivity contribution in [2.45, 2.75) is 64.1 Å². The quantitative estimate of drug-likeness (QED) is 0.837. The number of hydrogen-bond donors (Lipinski definition) is 2. The minimum absolute atomic E-state index is 0.103. The van der Waals surface area contributed by atoms with E-state index in [1.165, 1.54) is 17.5 Å². The lowest BCUT2D eigenvalue weighted by Gasteiger charge is -2.24. The Balaban J connectivity index is 2.16. The second kappa shape index (κ2) is 7.09. The van der Waals surface area contributed by atoms with E-state index < -0.39 is 0 Å². The van der Waals surface area contributed by atoms with Crippen LogP contribution in [0.5, 0.6) is 0 Å². The SMILES string of the molecule is CCCn1ncc(NC2CCCCCC2N)c(Cl)c1=O. The molecule has 2 unspecified atom stereocenters. The molecule has 2 atom stereocenters. The van der Waals surface area contributed by atoms with Crippen molar-refractivity contribution in [1.82, 2.24) is 9.78 Å². The third kappa shape index (κ3) is 3.52. The summed E-state index contributed by atoms with van der Waals surface area (Å²) in [6.07, 6.45) is 8.05. The molecule has 3 N–H and O–H groups in total. The Labute approximate surface area is 124 Å². The average Bonchev–Trinajstić information content (AvgIpc) is 2.64. The topological polar surface area (TPSA) is 72.9 Å². The number of anilines is 1. The van der Waals surface area contributed by atoms with Crippen molar-refractivity contribution >= 4 is 17.3 Å². The lowest BCUT2D eigenvalue weighted by molar-refractivity contribution is 0.526. The predicted octanol–water partition coefficient (Wildman–Crippen LogP) is 2.38. The van der Waals surface area contributed by atoms with Crippen molar-refractivity contribution in [2.24, 2.45) is 5.73 Å². The molecule has 1 saturated carbocycles. The second-order valence-electron chi connectivity index (χ2n) is 5.45. The molecular weight excluding hydrogens is 276 g/mol. The van der Waals surface area contributed by atoms with Crippen molar-refractivity contribution in [3.63, 3.8) is 0 Å². The lowest BCUT2D eigenvalue weighted by Crippen LogP contribution is -2.40. The number of nitrogens with two attached hydrogens (primary N) is 1. The van der Waals surface area contributed by atoms with Crippen LogP contribution in [0.2, 0.25) is 5.02 Å². The number of halogens is 1. The van der Waals surface area contributed by atoms with Crippen LogP contribution in [0.3, 0.4) is 0 Å². The van der Waals surface area contributed by atoms with Crippen LogP contribution in [0.1, 0.15) is 45.4 Å². The molecule has 5 nitrogen and oxygen atoms in total. The van der Waals surface area contributed by atoms with E-state index in [2.05, 4.69) is 10.4 Å². The predicted molar refractivity (Wildman–Crippen MR) is 82.3 cm³/mol. The van der Waals surface area contributed by atoms with Gasteiger partial charge in [-0.2, -0.15) is 5.10 Å². The Morgan fingerprint density at radius 1 is 1.45 bits per heavy atom. The zero-order valence-electron chi connectivity index (χ0n) is 11.9. The fourth-order valence-corrected chi connectivity index (χ4v) is 2.85. The molecule has 1 heterocycles. The van der Waals surface area contributed by atoms with E-state index in [0.717, 1.165) is 25.7 Å². The summed E-state index contributed by atoms with van der Waals surface area (Å²) in [7, 11) is 0. The van der Waals surface area contributed by atoms with Crippen LogP contribution >= 0.6 is 11.6 Å². The summed E-state index contributed by atoms with van der Waals surface area (Å²) in [5.41, 5.74) is 6.55. The van der Waals surface area contributed by atoms with Gasteiger partial charge in [0.25, 0.3) is 5.56 Å². The molecule has 0 spiro atoms. The van der Waals surface area contributed by atoms with Crippen LogP contribution < -0.4 is 16.6 Å². The molecular formula is C14H23ClN4O. The van der Waals surface area contributed by atoms with Gasteiger partial charge < -0.3 is 11.1 Å². The molecule has 2 rings (SSSR count). The van der Waals surface area contributed by atoms with Crippen LogP contribution in [0.4, 0.5) is 5.69 Å². The summed E-state index contributed by atoms with van der Waals surface area (Å²) in [5.74, 6) is 0. The summed E-state index contributed by atoms with van der Waals surface area (Å²) in [5, 5.41) is 7.69. The Bertz CT molecular complexity index is 502. The monoisotopic (exact) mass is 298 g/mol. The molecule has 0 aliphatic heterocycles. The molecule has 6 heteroatoms. The van der Waals surface area contributed by atoms with E-state index >= 15 is 0 Å². The molecule has 0 aromatic carbocycles. The first-order chi connectivity index (χ1) is 9.63. The average molecular weight is 299 g/mol. The zero-order chi connectivity index (χ0) is 14.5. The summed E-state index contributed by atoms with van der Waals surface area (Å²) in [4.78, 5) is 12.1. The number of aryl methyl sites for hydroxylation is 1. The maximum atomic E-state index is 12.1. The van der Waals surface area contributed by atoms with Crippen molar-refractivity contribution in [3.05, 3.63) is 21.6 Å². The highest BCUT2D eigenvalue weighted by Gasteiger charge is 2.21. The maximum Gasteiger partial charge on any atom is 0.287 e. The van der Waals surface area contributed by atoms with Crippen molar-refractivity contribution in [3.8, 4) is 0 Å². The largest absolute Gasteiger partial charge is 0.378 e. The molecule has 1 aliphatic rings. The van der Waals surface area contributed by atoms with Gasteiger partial charge in [0.1, 0.15) is 5.02 Å². The minimum atomic E-state index is -0.235. The molecule has 0 bridgehead atoms.